The van der Waals surface area contributed by atoms with E-state index in [-0.39, 0.29) is 5.02 Å². The lowest BCUT2D eigenvalue weighted by atomic mass is 10.1. The Labute approximate surface area is 105 Å². The van der Waals surface area contributed by atoms with E-state index in [1.165, 1.54) is 6.07 Å². The summed E-state index contributed by atoms with van der Waals surface area (Å²) >= 11 is 5.64. The molecule has 1 fully saturated rings. The Balaban J connectivity index is 1.96. The van der Waals surface area contributed by atoms with E-state index in [1.807, 2.05) is 0 Å². The van der Waals surface area contributed by atoms with E-state index in [0.717, 1.165) is 38.8 Å². The lowest BCUT2D eigenvalue weighted by Crippen LogP contribution is -2.44. The van der Waals surface area contributed by atoms with Crippen LogP contribution in [0.25, 0.3) is 0 Å². The Morgan fingerprint density at radius 1 is 1.18 bits per heavy atom. The van der Waals surface area contributed by atoms with Crippen molar-refractivity contribution in [2.24, 2.45) is 0 Å². The lowest BCUT2D eigenvalue weighted by molar-refractivity contribution is 0.243. The molecule has 17 heavy (non-hydrogen) atoms. The SMILES string of the molecule is Fc1cc(F)c(CCN2CCNCC2)cc1Cl. The fourth-order valence-electron chi connectivity index (χ4n) is 1.97. The van der Waals surface area contributed by atoms with E-state index in [2.05, 4.69) is 10.2 Å². The van der Waals surface area contributed by atoms with E-state index in [9.17, 15) is 8.78 Å². The van der Waals surface area contributed by atoms with Crippen LogP contribution >= 0.6 is 11.6 Å². The molecule has 0 saturated carbocycles. The van der Waals surface area contributed by atoms with Gasteiger partial charge in [0.15, 0.2) is 0 Å². The molecule has 1 N–H and O–H groups in total. The van der Waals surface area contributed by atoms with Gasteiger partial charge in [0.1, 0.15) is 11.6 Å². The maximum Gasteiger partial charge on any atom is 0.144 e. The summed E-state index contributed by atoms with van der Waals surface area (Å²) < 4.78 is 26.4. The van der Waals surface area contributed by atoms with Crippen molar-refractivity contribution in [3.8, 4) is 0 Å². The van der Waals surface area contributed by atoms with Gasteiger partial charge in [-0.1, -0.05) is 11.6 Å². The quantitative estimate of drug-likeness (QED) is 0.837. The predicted molar refractivity (Wildman–Crippen MR) is 64.4 cm³/mol. The summed E-state index contributed by atoms with van der Waals surface area (Å²) in [5.74, 6) is -1.21. The van der Waals surface area contributed by atoms with E-state index in [1.54, 1.807) is 0 Å². The number of piperazine rings is 1. The molecule has 1 saturated heterocycles. The van der Waals surface area contributed by atoms with Gasteiger partial charge in [0, 0.05) is 38.8 Å². The van der Waals surface area contributed by atoms with Gasteiger partial charge in [-0.05, 0) is 18.1 Å². The van der Waals surface area contributed by atoms with Gasteiger partial charge in [0.25, 0.3) is 0 Å². The average Bonchev–Trinajstić information content (AvgIpc) is 2.33. The van der Waals surface area contributed by atoms with Crippen LogP contribution in [0.2, 0.25) is 5.02 Å². The minimum atomic E-state index is -0.699. The van der Waals surface area contributed by atoms with Crippen LogP contribution in [0.3, 0.4) is 0 Å². The molecule has 0 radical (unpaired) electrons. The molecule has 1 aromatic rings. The number of benzene rings is 1. The third kappa shape index (κ3) is 3.37. The summed E-state index contributed by atoms with van der Waals surface area (Å²) in [6, 6.07) is 2.24. The molecule has 1 heterocycles. The van der Waals surface area contributed by atoms with Gasteiger partial charge in [-0.2, -0.15) is 0 Å². The summed E-state index contributed by atoms with van der Waals surface area (Å²) in [5.41, 5.74) is 0.481. The van der Waals surface area contributed by atoms with Crippen LogP contribution in [0.4, 0.5) is 8.78 Å². The van der Waals surface area contributed by atoms with Gasteiger partial charge < -0.3 is 10.2 Å². The van der Waals surface area contributed by atoms with Crippen LogP contribution in [0.5, 0.6) is 0 Å². The molecular formula is C12H15ClF2N2. The Bertz CT molecular complexity index is 392. The number of halogens is 3. The van der Waals surface area contributed by atoms with Crippen LogP contribution in [0.1, 0.15) is 5.56 Å². The van der Waals surface area contributed by atoms with Crippen molar-refractivity contribution < 1.29 is 8.78 Å². The first kappa shape index (κ1) is 12.7. The standard InChI is InChI=1S/C12H15ClF2N2/c13-10-7-9(11(14)8-12(10)15)1-4-17-5-2-16-3-6-17/h7-8,16H,1-6H2. The zero-order chi connectivity index (χ0) is 12.3. The van der Waals surface area contributed by atoms with Crippen LogP contribution in [-0.2, 0) is 6.42 Å². The van der Waals surface area contributed by atoms with Gasteiger partial charge in [-0.3, -0.25) is 0 Å². The Morgan fingerprint density at radius 3 is 2.59 bits per heavy atom. The van der Waals surface area contributed by atoms with E-state index in [0.29, 0.717) is 12.0 Å². The molecule has 5 heteroatoms. The Hall–Kier alpha value is -0.710. The van der Waals surface area contributed by atoms with Crippen molar-refractivity contribution in [2.45, 2.75) is 6.42 Å². The highest BCUT2D eigenvalue weighted by Gasteiger charge is 2.12. The first-order valence-corrected chi connectivity index (χ1v) is 6.11. The molecule has 1 aliphatic rings. The van der Waals surface area contributed by atoms with E-state index >= 15 is 0 Å². The van der Waals surface area contributed by atoms with Crippen LogP contribution < -0.4 is 5.32 Å². The highest BCUT2D eigenvalue weighted by molar-refractivity contribution is 6.30. The monoisotopic (exact) mass is 260 g/mol. The van der Waals surface area contributed by atoms with Crippen LogP contribution in [-0.4, -0.2) is 37.6 Å². The first-order chi connectivity index (χ1) is 8.16. The maximum atomic E-state index is 13.5. The molecule has 1 aromatic carbocycles. The zero-order valence-electron chi connectivity index (χ0n) is 9.48. The Kier molecular flexibility index (Phi) is 4.31. The maximum absolute atomic E-state index is 13.5. The minimum absolute atomic E-state index is 0.0123. The topological polar surface area (TPSA) is 15.3 Å². The summed E-state index contributed by atoms with van der Waals surface area (Å²) in [4.78, 5) is 2.26. The van der Waals surface area contributed by atoms with Crippen molar-refractivity contribution in [3.05, 3.63) is 34.4 Å². The van der Waals surface area contributed by atoms with Crippen molar-refractivity contribution in [3.63, 3.8) is 0 Å². The molecule has 0 unspecified atom stereocenters. The third-order valence-corrected chi connectivity index (χ3v) is 3.29. The normalized spacial score (nSPS) is 17.4. The molecule has 94 valence electrons. The van der Waals surface area contributed by atoms with Crippen molar-refractivity contribution in [2.75, 3.05) is 32.7 Å². The number of nitrogens with one attached hydrogen (secondary N) is 1. The lowest BCUT2D eigenvalue weighted by Gasteiger charge is -2.27. The van der Waals surface area contributed by atoms with Gasteiger partial charge in [0.05, 0.1) is 5.02 Å². The van der Waals surface area contributed by atoms with Gasteiger partial charge in [-0.15, -0.1) is 0 Å². The summed E-state index contributed by atoms with van der Waals surface area (Å²) in [6.07, 6.45) is 0.561. The first-order valence-electron chi connectivity index (χ1n) is 5.73. The second-order valence-electron chi connectivity index (χ2n) is 4.20. The Morgan fingerprint density at radius 2 is 1.88 bits per heavy atom. The molecule has 0 aromatic heterocycles. The van der Waals surface area contributed by atoms with Crippen molar-refractivity contribution in [1.82, 2.24) is 10.2 Å². The molecule has 1 aliphatic heterocycles. The molecular weight excluding hydrogens is 246 g/mol. The second kappa shape index (κ2) is 5.76. The van der Waals surface area contributed by atoms with Crippen molar-refractivity contribution in [1.29, 1.82) is 0 Å². The number of rotatable bonds is 3. The molecule has 0 aliphatic carbocycles. The highest BCUT2D eigenvalue weighted by atomic mass is 35.5. The molecule has 0 atom stereocenters. The summed E-state index contributed by atoms with van der Waals surface area (Å²) in [6.45, 7) is 4.65. The average molecular weight is 261 g/mol. The minimum Gasteiger partial charge on any atom is -0.314 e. The smallest absolute Gasteiger partial charge is 0.144 e. The summed E-state index contributed by atoms with van der Waals surface area (Å²) in [7, 11) is 0. The van der Waals surface area contributed by atoms with Crippen LogP contribution in [0, 0.1) is 11.6 Å². The molecule has 0 spiro atoms. The zero-order valence-corrected chi connectivity index (χ0v) is 10.2. The fraction of sp³-hybridized carbons (Fsp3) is 0.500. The molecule has 2 nitrogen and oxygen atoms in total. The van der Waals surface area contributed by atoms with Crippen LogP contribution in [0.15, 0.2) is 12.1 Å². The predicted octanol–water partition coefficient (Wildman–Crippen LogP) is 2.07. The van der Waals surface area contributed by atoms with Crippen molar-refractivity contribution >= 4 is 11.6 Å². The number of nitrogens with zero attached hydrogens (tertiary/aromatic N) is 1. The molecule has 2 rings (SSSR count). The largest absolute Gasteiger partial charge is 0.314 e. The van der Waals surface area contributed by atoms with Gasteiger partial charge in [-0.25, -0.2) is 8.78 Å². The molecule has 0 bridgehead atoms. The van der Waals surface area contributed by atoms with Gasteiger partial charge >= 0.3 is 0 Å². The highest BCUT2D eigenvalue weighted by Crippen LogP contribution is 2.20. The molecule has 0 amide bonds. The number of hydrogen-bond acceptors (Lipinski definition) is 2. The fourth-order valence-corrected chi connectivity index (χ4v) is 2.15. The van der Waals surface area contributed by atoms with Gasteiger partial charge in [0.2, 0.25) is 0 Å². The summed E-state index contributed by atoms with van der Waals surface area (Å²) in [5, 5.41) is 3.24. The third-order valence-electron chi connectivity index (χ3n) is 3.00. The van der Waals surface area contributed by atoms with E-state index < -0.39 is 11.6 Å². The second-order valence-corrected chi connectivity index (χ2v) is 4.61. The van der Waals surface area contributed by atoms with E-state index in [4.69, 9.17) is 11.6 Å². The number of hydrogen-bond donors (Lipinski definition) is 1.